The maximum absolute atomic E-state index is 12.8. The highest BCUT2D eigenvalue weighted by Gasteiger charge is 2.15. The molecule has 0 spiro atoms. The van der Waals surface area contributed by atoms with Crippen LogP contribution in [0.15, 0.2) is 41.1 Å². The van der Waals surface area contributed by atoms with Crippen LogP contribution in [0.2, 0.25) is 0 Å². The standard InChI is InChI=1S/C16H19FN2OS/c1-19(2)15(13-7-8-21-11-13)10-18-16(20)9-12-3-5-14(17)6-4-12/h3-8,11,15H,9-10H2,1-2H3,(H,18,20). The zero-order valence-corrected chi connectivity index (χ0v) is 13.0. The monoisotopic (exact) mass is 306 g/mol. The second-order valence-corrected chi connectivity index (χ2v) is 5.92. The van der Waals surface area contributed by atoms with Crippen LogP contribution in [0, 0.1) is 5.82 Å². The molecule has 1 N–H and O–H groups in total. The molecule has 1 unspecified atom stereocenters. The van der Waals surface area contributed by atoms with Gasteiger partial charge in [-0.3, -0.25) is 4.79 Å². The second kappa shape index (κ2) is 7.33. The Kier molecular flexibility index (Phi) is 5.47. The first-order valence-electron chi connectivity index (χ1n) is 6.76. The first-order chi connectivity index (χ1) is 10.1. The van der Waals surface area contributed by atoms with E-state index < -0.39 is 0 Å². The van der Waals surface area contributed by atoms with E-state index in [1.54, 1.807) is 23.5 Å². The van der Waals surface area contributed by atoms with Crippen LogP contribution in [-0.2, 0) is 11.2 Å². The van der Waals surface area contributed by atoms with Crippen molar-refractivity contribution in [3.05, 3.63) is 58.0 Å². The first kappa shape index (κ1) is 15.7. The lowest BCUT2D eigenvalue weighted by atomic mass is 10.1. The van der Waals surface area contributed by atoms with Crippen molar-refractivity contribution in [2.24, 2.45) is 0 Å². The number of thiophene rings is 1. The van der Waals surface area contributed by atoms with Gasteiger partial charge >= 0.3 is 0 Å². The van der Waals surface area contributed by atoms with Gasteiger partial charge in [-0.05, 0) is 54.2 Å². The molecule has 1 aromatic heterocycles. The number of hydrogen-bond donors (Lipinski definition) is 1. The van der Waals surface area contributed by atoms with Crippen molar-refractivity contribution in [2.75, 3.05) is 20.6 Å². The molecule has 112 valence electrons. The van der Waals surface area contributed by atoms with Gasteiger partial charge in [0.1, 0.15) is 5.82 Å². The van der Waals surface area contributed by atoms with Crippen LogP contribution >= 0.6 is 11.3 Å². The fourth-order valence-corrected chi connectivity index (χ4v) is 2.83. The smallest absolute Gasteiger partial charge is 0.224 e. The third-order valence-electron chi connectivity index (χ3n) is 3.32. The maximum Gasteiger partial charge on any atom is 0.224 e. The Morgan fingerprint density at radius 1 is 1.29 bits per heavy atom. The number of hydrogen-bond acceptors (Lipinski definition) is 3. The van der Waals surface area contributed by atoms with Gasteiger partial charge in [0.25, 0.3) is 0 Å². The Bertz CT molecular complexity index is 566. The molecule has 21 heavy (non-hydrogen) atoms. The molecule has 0 saturated heterocycles. The summed E-state index contributed by atoms with van der Waals surface area (Å²) in [6.07, 6.45) is 0.268. The molecule has 1 aromatic carbocycles. The summed E-state index contributed by atoms with van der Waals surface area (Å²) in [5, 5.41) is 7.07. The van der Waals surface area contributed by atoms with Crippen molar-refractivity contribution in [3.63, 3.8) is 0 Å². The molecule has 3 nitrogen and oxygen atoms in total. The molecule has 0 saturated carbocycles. The van der Waals surface area contributed by atoms with Crippen LogP contribution < -0.4 is 5.32 Å². The number of likely N-dealkylation sites (N-methyl/N-ethyl adjacent to an activating group) is 1. The van der Waals surface area contributed by atoms with Gasteiger partial charge in [0.15, 0.2) is 0 Å². The Hall–Kier alpha value is -1.72. The van der Waals surface area contributed by atoms with Gasteiger partial charge < -0.3 is 10.2 Å². The summed E-state index contributed by atoms with van der Waals surface area (Å²) in [4.78, 5) is 14.1. The van der Waals surface area contributed by atoms with E-state index in [9.17, 15) is 9.18 Å². The molecule has 0 radical (unpaired) electrons. The third-order valence-corrected chi connectivity index (χ3v) is 4.02. The van der Waals surface area contributed by atoms with Crippen LogP contribution in [0.25, 0.3) is 0 Å². The van der Waals surface area contributed by atoms with E-state index in [2.05, 4.69) is 21.7 Å². The number of benzene rings is 1. The van der Waals surface area contributed by atoms with Crippen molar-refractivity contribution in [1.29, 1.82) is 0 Å². The minimum atomic E-state index is -0.288. The van der Waals surface area contributed by atoms with Crippen LogP contribution in [0.3, 0.4) is 0 Å². The molecule has 5 heteroatoms. The summed E-state index contributed by atoms with van der Waals surface area (Å²) in [5.74, 6) is -0.340. The average Bonchev–Trinajstić information content (AvgIpc) is 2.95. The van der Waals surface area contributed by atoms with Crippen molar-refractivity contribution in [2.45, 2.75) is 12.5 Å². The molecular formula is C16H19FN2OS. The number of halogens is 1. The lowest BCUT2D eigenvalue weighted by Gasteiger charge is -2.24. The highest BCUT2D eigenvalue weighted by atomic mass is 32.1. The number of nitrogens with zero attached hydrogens (tertiary/aromatic N) is 1. The van der Waals surface area contributed by atoms with E-state index >= 15 is 0 Å². The van der Waals surface area contributed by atoms with Gasteiger partial charge in [-0.25, -0.2) is 4.39 Å². The number of rotatable bonds is 6. The van der Waals surface area contributed by atoms with Crippen molar-refractivity contribution in [1.82, 2.24) is 10.2 Å². The SMILES string of the molecule is CN(C)C(CNC(=O)Cc1ccc(F)cc1)c1ccsc1. The largest absolute Gasteiger partial charge is 0.354 e. The summed E-state index contributed by atoms with van der Waals surface area (Å²) in [5.41, 5.74) is 2.01. The fourth-order valence-electron chi connectivity index (χ4n) is 2.12. The summed E-state index contributed by atoms with van der Waals surface area (Å²) >= 11 is 1.65. The lowest BCUT2D eigenvalue weighted by Crippen LogP contribution is -2.35. The summed E-state index contributed by atoms with van der Waals surface area (Å²) in [7, 11) is 3.99. The molecule has 0 aliphatic carbocycles. The normalized spacial score (nSPS) is 12.4. The number of amides is 1. The van der Waals surface area contributed by atoms with Crippen molar-refractivity contribution >= 4 is 17.2 Å². The third kappa shape index (κ3) is 4.65. The highest BCUT2D eigenvalue weighted by Crippen LogP contribution is 2.19. The first-order valence-corrected chi connectivity index (χ1v) is 7.70. The fraction of sp³-hybridized carbons (Fsp3) is 0.312. The quantitative estimate of drug-likeness (QED) is 0.890. The molecule has 0 aliphatic rings. The van der Waals surface area contributed by atoms with Gasteiger partial charge in [-0.2, -0.15) is 11.3 Å². The Morgan fingerprint density at radius 2 is 2.00 bits per heavy atom. The minimum absolute atomic E-state index is 0.0521. The van der Waals surface area contributed by atoms with Crippen molar-refractivity contribution in [3.8, 4) is 0 Å². The summed E-state index contributed by atoms with van der Waals surface area (Å²) in [6.45, 7) is 0.559. The van der Waals surface area contributed by atoms with Crippen LogP contribution in [0.4, 0.5) is 4.39 Å². The molecule has 1 amide bonds. The Morgan fingerprint density at radius 3 is 2.57 bits per heavy atom. The Balaban J connectivity index is 1.89. The molecular weight excluding hydrogens is 287 g/mol. The molecule has 2 rings (SSSR count). The van der Waals surface area contributed by atoms with Gasteiger partial charge in [0.05, 0.1) is 12.5 Å². The second-order valence-electron chi connectivity index (χ2n) is 5.14. The maximum atomic E-state index is 12.8. The number of carbonyl (C=O) groups excluding carboxylic acids is 1. The number of carbonyl (C=O) groups is 1. The van der Waals surface area contributed by atoms with E-state index in [0.717, 1.165) is 5.56 Å². The molecule has 2 aromatic rings. The summed E-state index contributed by atoms with van der Waals surface area (Å²) < 4.78 is 12.8. The van der Waals surface area contributed by atoms with Crippen LogP contribution in [0.5, 0.6) is 0 Å². The van der Waals surface area contributed by atoms with Crippen molar-refractivity contribution < 1.29 is 9.18 Å². The lowest BCUT2D eigenvalue weighted by molar-refractivity contribution is -0.120. The van der Waals surface area contributed by atoms with Crippen LogP contribution in [-0.4, -0.2) is 31.4 Å². The van der Waals surface area contributed by atoms with Gasteiger partial charge in [0, 0.05) is 6.54 Å². The predicted octanol–water partition coefficient (Wildman–Crippen LogP) is 2.85. The molecule has 0 aliphatic heterocycles. The molecule has 1 atom stereocenters. The molecule has 1 heterocycles. The molecule has 0 fully saturated rings. The van der Waals surface area contributed by atoms with E-state index in [1.165, 1.54) is 17.7 Å². The topological polar surface area (TPSA) is 32.3 Å². The average molecular weight is 306 g/mol. The van der Waals surface area contributed by atoms with E-state index in [4.69, 9.17) is 0 Å². The van der Waals surface area contributed by atoms with E-state index in [1.807, 2.05) is 19.5 Å². The Labute approximate surface area is 128 Å². The molecule has 0 bridgehead atoms. The predicted molar refractivity (Wildman–Crippen MR) is 83.9 cm³/mol. The van der Waals surface area contributed by atoms with E-state index in [-0.39, 0.29) is 24.2 Å². The summed E-state index contributed by atoms with van der Waals surface area (Å²) in [6, 6.07) is 8.25. The van der Waals surface area contributed by atoms with Gasteiger partial charge in [-0.1, -0.05) is 12.1 Å². The van der Waals surface area contributed by atoms with E-state index in [0.29, 0.717) is 6.54 Å². The minimum Gasteiger partial charge on any atom is -0.354 e. The number of nitrogens with one attached hydrogen (secondary N) is 1. The zero-order valence-electron chi connectivity index (χ0n) is 12.2. The highest BCUT2D eigenvalue weighted by molar-refractivity contribution is 7.07. The van der Waals surface area contributed by atoms with Crippen LogP contribution in [0.1, 0.15) is 17.2 Å². The van der Waals surface area contributed by atoms with Gasteiger partial charge in [-0.15, -0.1) is 0 Å². The van der Waals surface area contributed by atoms with Gasteiger partial charge in [0.2, 0.25) is 5.91 Å². The zero-order chi connectivity index (χ0) is 15.2.